The highest BCUT2D eigenvalue weighted by Crippen LogP contribution is 2.29. The molecule has 0 aliphatic heterocycles. The molecule has 9 heteroatoms. The number of para-hydroxylation sites is 2. The van der Waals surface area contributed by atoms with E-state index in [1.54, 1.807) is 12.1 Å². The van der Waals surface area contributed by atoms with E-state index in [4.69, 9.17) is 0 Å². The Morgan fingerprint density at radius 2 is 1.68 bits per heavy atom. The molecule has 0 fully saturated rings. The molecule has 1 amide bonds. The normalized spacial score (nSPS) is 11.8. The highest BCUT2D eigenvalue weighted by atomic mass is 32.2. The Morgan fingerprint density at radius 1 is 1.04 bits per heavy atom. The van der Waals surface area contributed by atoms with Gasteiger partial charge in [0.25, 0.3) is 0 Å². The SMILES string of the molecule is CS(=O)(=O)Nc1ccccc1NC(=O)Cc1cccc(C(F)(F)F)c1. The molecule has 0 radical (unpaired) electrons. The predicted octanol–water partition coefficient (Wildman–Crippen LogP) is 3.26. The summed E-state index contributed by atoms with van der Waals surface area (Å²) in [5.74, 6) is -0.568. The smallest absolute Gasteiger partial charge is 0.324 e. The third-order valence-corrected chi connectivity index (χ3v) is 3.71. The van der Waals surface area contributed by atoms with Crippen molar-refractivity contribution >= 4 is 27.3 Å². The molecule has 0 bridgehead atoms. The number of benzene rings is 2. The summed E-state index contributed by atoms with van der Waals surface area (Å²) in [5, 5.41) is 2.49. The Balaban J connectivity index is 2.14. The first-order valence-corrected chi connectivity index (χ1v) is 8.96. The maximum atomic E-state index is 12.7. The summed E-state index contributed by atoms with van der Waals surface area (Å²) in [4.78, 5) is 12.1. The van der Waals surface area contributed by atoms with Crippen LogP contribution >= 0.6 is 0 Å². The Bertz CT molecular complexity index is 880. The van der Waals surface area contributed by atoms with Crippen molar-refractivity contribution in [2.45, 2.75) is 12.6 Å². The third kappa shape index (κ3) is 5.79. The van der Waals surface area contributed by atoms with Crippen LogP contribution in [0.3, 0.4) is 0 Å². The lowest BCUT2D eigenvalue weighted by Crippen LogP contribution is -2.17. The first-order chi connectivity index (χ1) is 11.5. The van der Waals surface area contributed by atoms with E-state index >= 15 is 0 Å². The second kappa shape index (κ2) is 7.14. The van der Waals surface area contributed by atoms with Gasteiger partial charge in [0.15, 0.2) is 0 Å². The Morgan fingerprint density at radius 3 is 2.28 bits per heavy atom. The summed E-state index contributed by atoms with van der Waals surface area (Å²) in [5.41, 5.74) is -0.259. The highest BCUT2D eigenvalue weighted by molar-refractivity contribution is 7.92. The molecule has 2 N–H and O–H groups in total. The maximum Gasteiger partial charge on any atom is 0.416 e. The minimum absolute atomic E-state index is 0.169. The second-order valence-corrected chi connectivity index (χ2v) is 7.09. The van der Waals surface area contributed by atoms with Crippen LogP contribution in [0.5, 0.6) is 0 Å². The zero-order valence-electron chi connectivity index (χ0n) is 13.1. The number of amides is 1. The van der Waals surface area contributed by atoms with Gasteiger partial charge in [0.05, 0.1) is 29.6 Å². The van der Waals surface area contributed by atoms with Gasteiger partial charge in [0.2, 0.25) is 15.9 Å². The number of carbonyl (C=O) groups is 1. The minimum atomic E-state index is -4.49. The number of carbonyl (C=O) groups excluding carboxylic acids is 1. The molecule has 0 spiro atoms. The second-order valence-electron chi connectivity index (χ2n) is 5.34. The summed E-state index contributed by atoms with van der Waals surface area (Å²) in [6.07, 6.45) is -3.80. The van der Waals surface area contributed by atoms with E-state index < -0.39 is 27.7 Å². The molecule has 25 heavy (non-hydrogen) atoms. The van der Waals surface area contributed by atoms with Gasteiger partial charge in [-0.2, -0.15) is 13.2 Å². The lowest BCUT2D eigenvalue weighted by molar-refractivity contribution is -0.137. The zero-order chi connectivity index (χ0) is 18.7. The molecule has 0 aliphatic carbocycles. The average molecular weight is 372 g/mol. The number of anilines is 2. The van der Waals surface area contributed by atoms with Crippen molar-refractivity contribution in [3.8, 4) is 0 Å². The van der Waals surface area contributed by atoms with E-state index in [1.807, 2.05) is 0 Å². The van der Waals surface area contributed by atoms with Crippen LogP contribution in [-0.2, 0) is 27.4 Å². The van der Waals surface area contributed by atoms with Gasteiger partial charge in [0, 0.05) is 0 Å². The molecule has 0 unspecified atom stereocenters. The van der Waals surface area contributed by atoms with E-state index in [2.05, 4.69) is 10.0 Å². The van der Waals surface area contributed by atoms with Crippen molar-refractivity contribution in [1.29, 1.82) is 0 Å². The number of rotatable bonds is 5. The van der Waals surface area contributed by atoms with Crippen LogP contribution < -0.4 is 10.0 Å². The number of halogens is 3. The molecule has 0 aliphatic rings. The maximum absolute atomic E-state index is 12.7. The molecule has 5 nitrogen and oxygen atoms in total. The van der Waals surface area contributed by atoms with Crippen LogP contribution in [-0.4, -0.2) is 20.6 Å². The fraction of sp³-hybridized carbons (Fsp3) is 0.188. The summed E-state index contributed by atoms with van der Waals surface area (Å²) in [6.45, 7) is 0. The first kappa shape index (κ1) is 18.8. The number of alkyl halides is 3. The summed E-state index contributed by atoms with van der Waals surface area (Å²) in [7, 11) is -3.54. The molecule has 0 aromatic heterocycles. The zero-order valence-corrected chi connectivity index (χ0v) is 13.9. The number of nitrogens with one attached hydrogen (secondary N) is 2. The van der Waals surface area contributed by atoms with Crippen molar-refractivity contribution in [3.05, 3.63) is 59.7 Å². The lowest BCUT2D eigenvalue weighted by Gasteiger charge is -2.12. The number of hydrogen-bond donors (Lipinski definition) is 2. The van der Waals surface area contributed by atoms with Crippen molar-refractivity contribution in [3.63, 3.8) is 0 Å². The van der Waals surface area contributed by atoms with E-state index in [-0.39, 0.29) is 23.4 Å². The first-order valence-electron chi connectivity index (χ1n) is 7.07. The van der Waals surface area contributed by atoms with Crippen LogP contribution in [0.15, 0.2) is 48.5 Å². The van der Waals surface area contributed by atoms with Gasteiger partial charge in [-0.1, -0.05) is 30.3 Å². The molecule has 0 saturated heterocycles. The van der Waals surface area contributed by atoms with Crippen molar-refractivity contribution in [2.24, 2.45) is 0 Å². The van der Waals surface area contributed by atoms with Crippen molar-refractivity contribution < 1.29 is 26.4 Å². The molecule has 0 saturated carbocycles. The fourth-order valence-corrected chi connectivity index (χ4v) is 2.70. The van der Waals surface area contributed by atoms with Gasteiger partial charge in [-0.25, -0.2) is 8.42 Å². The van der Waals surface area contributed by atoms with Crippen LogP contribution in [0, 0.1) is 0 Å². The monoisotopic (exact) mass is 372 g/mol. The van der Waals surface area contributed by atoms with Gasteiger partial charge in [-0.3, -0.25) is 9.52 Å². The lowest BCUT2D eigenvalue weighted by atomic mass is 10.1. The standard InChI is InChI=1S/C16H15F3N2O3S/c1-25(23,24)21-14-8-3-2-7-13(14)20-15(22)10-11-5-4-6-12(9-11)16(17,18)19/h2-9,21H,10H2,1H3,(H,20,22). The van der Waals surface area contributed by atoms with Crippen molar-refractivity contribution in [1.82, 2.24) is 0 Å². The molecule has 2 aromatic rings. The van der Waals surface area contributed by atoms with E-state index in [0.29, 0.717) is 0 Å². The van der Waals surface area contributed by atoms with Gasteiger partial charge in [-0.05, 0) is 23.8 Å². The van der Waals surface area contributed by atoms with Crippen LogP contribution in [0.1, 0.15) is 11.1 Å². The quantitative estimate of drug-likeness (QED) is 0.846. The Hall–Kier alpha value is -2.55. The van der Waals surface area contributed by atoms with Crippen LogP contribution in [0.25, 0.3) is 0 Å². The third-order valence-electron chi connectivity index (χ3n) is 3.12. The number of sulfonamides is 1. The minimum Gasteiger partial charge on any atom is -0.324 e. The highest BCUT2D eigenvalue weighted by Gasteiger charge is 2.30. The molecule has 0 atom stereocenters. The largest absolute Gasteiger partial charge is 0.416 e. The Kier molecular flexibility index (Phi) is 5.36. The van der Waals surface area contributed by atoms with Crippen LogP contribution in [0.2, 0.25) is 0 Å². The van der Waals surface area contributed by atoms with Gasteiger partial charge >= 0.3 is 6.18 Å². The van der Waals surface area contributed by atoms with E-state index in [9.17, 15) is 26.4 Å². The van der Waals surface area contributed by atoms with E-state index in [1.165, 1.54) is 24.3 Å². The van der Waals surface area contributed by atoms with Gasteiger partial charge in [0.1, 0.15) is 0 Å². The summed E-state index contributed by atoms with van der Waals surface area (Å²) in [6, 6.07) is 10.6. The van der Waals surface area contributed by atoms with E-state index in [0.717, 1.165) is 18.4 Å². The summed E-state index contributed by atoms with van der Waals surface area (Å²) >= 11 is 0. The topological polar surface area (TPSA) is 75.3 Å². The fourth-order valence-electron chi connectivity index (χ4n) is 2.12. The predicted molar refractivity (Wildman–Crippen MR) is 88.7 cm³/mol. The van der Waals surface area contributed by atoms with Crippen molar-refractivity contribution in [2.75, 3.05) is 16.3 Å². The Labute approximate surface area is 142 Å². The molecule has 134 valence electrons. The molecule has 2 rings (SSSR count). The van der Waals surface area contributed by atoms with Crippen LogP contribution in [0.4, 0.5) is 24.5 Å². The molecule has 0 heterocycles. The van der Waals surface area contributed by atoms with Gasteiger partial charge in [-0.15, -0.1) is 0 Å². The number of hydrogen-bond acceptors (Lipinski definition) is 3. The molecule has 2 aromatic carbocycles. The van der Waals surface area contributed by atoms with Gasteiger partial charge < -0.3 is 5.32 Å². The molecular weight excluding hydrogens is 357 g/mol. The average Bonchev–Trinajstić information content (AvgIpc) is 2.47. The molecular formula is C16H15F3N2O3S. The summed E-state index contributed by atoms with van der Waals surface area (Å²) < 4.78 is 63.0.